The summed E-state index contributed by atoms with van der Waals surface area (Å²) in [5.41, 5.74) is 2.43. The molecule has 1 aromatic carbocycles. The number of urea groups is 1. The van der Waals surface area contributed by atoms with Gasteiger partial charge in [-0.2, -0.15) is 0 Å². The highest BCUT2D eigenvalue weighted by molar-refractivity contribution is 5.74. The van der Waals surface area contributed by atoms with Gasteiger partial charge in [-0.3, -0.25) is 0 Å². The van der Waals surface area contributed by atoms with Crippen LogP contribution in [0.3, 0.4) is 0 Å². The Morgan fingerprint density at radius 1 is 1.43 bits per heavy atom. The maximum Gasteiger partial charge on any atom is 0.317 e. The number of carbonyl (C=O) groups excluding carboxylic acids is 1. The zero-order valence-electron chi connectivity index (χ0n) is 14.9. The van der Waals surface area contributed by atoms with Gasteiger partial charge in [-0.15, -0.1) is 0 Å². The third-order valence-corrected chi connectivity index (χ3v) is 4.69. The molecule has 1 unspecified atom stereocenters. The molecule has 0 radical (unpaired) electrons. The number of methoxy groups -OCH3 is 1. The van der Waals surface area contributed by atoms with E-state index in [1.807, 2.05) is 4.90 Å². The standard InChI is InChI=1S/C19H30N2O2/c1-15-7-5-9-17(11-15)19(2,3)14-20-18(22)21-10-6-8-16(12-21)13-23-4/h5,7,9,11,16H,6,8,10,12-14H2,1-4H3,(H,20,22). The fraction of sp³-hybridized carbons (Fsp3) is 0.632. The largest absolute Gasteiger partial charge is 0.384 e. The molecule has 0 aliphatic carbocycles. The molecule has 1 heterocycles. The summed E-state index contributed by atoms with van der Waals surface area (Å²) in [6.45, 7) is 9.46. The van der Waals surface area contributed by atoms with Gasteiger partial charge in [0.05, 0.1) is 6.61 Å². The van der Waals surface area contributed by atoms with Gasteiger partial charge >= 0.3 is 6.03 Å². The Labute approximate surface area is 140 Å². The number of hydrogen-bond donors (Lipinski definition) is 1. The van der Waals surface area contributed by atoms with Crippen molar-refractivity contribution in [2.75, 3.05) is 33.4 Å². The van der Waals surface area contributed by atoms with Crippen LogP contribution >= 0.6 is 0 Å². The molecular weight excluding hydrogens is 288 g/mol. The van der Waals surface area contributed by atoms with Crippen LogP contribution in [0.25, 0.3) is 0 Å². The average molecular weight is 318 g/mol. The van der Waals surface area contributed by atoms with Crippen molar-refractivity contribution < 1.29 is 9.53 Å². The second-order valence-electron chi connectivity index (χ2n) is 7.32. The first kappa shape index (κ1) is 17.8. The van der Waals surface area contributed by atoms with Gasteiger partial charge in [0.1, 0.15) is 0 Å². The SMILES string of the molecule is COCC1CCCN(C(=O)NCC(C)(C)c2cccc(C)c2)C1. The van der Waals surface area contributed by atoms with Crippen molar-refractivity contribution in [2.24, 2.45) is 5.92 Å². The van der Waals surface area contributed by atoms with Crippen LogP contribution in [0.5, 0.6) is 0 Å². The first-order chi connectivity index (χ1) is 10.9. The predicted octanol–water partition coefficient (Wildman–Crippen LogP) is 3.34. The van der Waals surface area contributed by atoms with Gasteiger partial charge in [-0.05, 0) is 25.3 Å². The number of carbonyl (C=O) groups is 1. The number of hydrogen-bond acceptors (Lipinski definition) is 2. The lowest BCUT2D eigenvalue weighted by atomic mass is 9.84. The quantitative estimate of drug-likeness (QED) is 0.904. The van der Waals surface area contributed by atoms with E-state index in [4.69, 9.17) is 4.74 Å². The molecule has 4 heteroatoms. The number of ether oxygens (including phenoxy) is 1. The minimum atomic E-state index is -0.0800. The van der Waals surface area contributed by atoms with Crippen molar-refractivity contribution >= 4 is 6.03 Å². The lowest BCUT2D eigenvalue weighted by Gasteiger charge is -2.34. The Bertz CT molecular complexity index is 526. The zero-order valence-corrected chi connectivity index (χ0v) is 14.9. The molecule has 1 atom stereocenters. The molecule has 23 heavy (non-hydrogen) atoms. The van der Waals surface area contributed by atoms with Crippen molar-refractivity contribution in [3.8, 4) is 0 Å². The lowest BCUT2D eigenvalue weighted by molar-refractivity contribution is 0.100. The molecule has 1 N–H and O–H groups in total. The van der Waals surface area contributed by atoms with Crippen molar-refractivity contribution in [1.29, 1.82) is 0 Å². The maximum atomic E-state index is 12.5. The molecule has 0 aromatic heterocycles. The minimum Gasteiger partial charge on any atom is -0.384 e. The molecule has 2 rings (SSSR count). The van der Waals surface area contributed by atoms with E-state index in [1.165, 1.54) is 11.1 Å². The summed E-state index contributed by atoms with van der Waals surface area (Å²) >= 11 is 0. The van der Waals surface area contributed by atoms with Crippen LogP contribution in [0.4, 0.5) is 4.79 Å². The highest BCUT2D eigenvalue weighted by atomic mass is 16.5. The van der Waals surface area contributed by atoms with E-state index in [0.717, 1.165) is 32.5 Å². The van der Waals surface area contributed by atoms with Gasteiger partial charge in [0.15, 0.2) is 0 Å². The van der Waals surface area contributed by atoms with Crippen LogP contribution in [0, 0.1) is 12.8 Å². The zero-order chi connectivity index (χ0) is 16.9. The average Bonchev–Trinajstić information content (AvgIpc) is 2.53. The van der Waals surface area contributed by atoms with Gasteiger partial charge in [0, 0.05) is 38.1 Å². The van der Waals surface area contributed by atoms with E-state index in [9.17, 15) is 4.79 Å². The summed E-state index contributed by atoms with van der Waals surface area (Å²) in [5, 5.41) is 3.12. The van der Waals surface area contributed by atoms with Gasteiger partial charge in [-0.1, -0.05) is 43.7 Å². The topological polar surface area (TPSA) is 41.6 Å². The predicted molar refractivity (Wildman–Crippen MR) is 93.8 cm³/mol. The minimum absolute atomic E-state index is 0.0477. The number of nitrogens with zero attached hydrogens (tertiary/aromatic N) is 1. The Morgan fingerprint density at radius 3 is 2.91 bits per heavy atom. The highest BCUT2D eigenvalue weighted by Gasteiger charge is 2.26. The lowest BCUT2D eigenvalue weighted by Crippen LogP contribution is -2.48. The molecule has 1 aliphatic rings. The molecule has 2 amide bonds. The summed E-state index contributed by atoms with van der Waals surface area (Å²) < 4.78 is 5.23. The van der Waals surface area contributed by atoms with Gasteiger partial charge in [0.2, 0.25) is 0 Å². The number of rotatable bonds is 5. The molecule has 0 saturated carbocycles. The number of amides is 2. The third-order valence-electron chi connectivity index (χ3n) is 4.69. The fourth-order valence-electron chi connectivity index (χ4n) is 3.20. The highest BCUT2D eigenvalue weighted by Crippen LogP contribution is 2.23. The summed E-state index contributed by atoms with van der Waals surface area (Å²) in [4.78, 5) is 14.4. The van der Waals surface area contributed by atoms with Crippen molar-refractivity contribution in [2.45, 2.75) is 39.0 Å². The maximum absolute atomic E-state index is 12.5. The van der Waals surface area contributed by atoms with Gasteiger partial charge < -0.3 is 15.0 Å². The van der Waals surface area contributed by atoms with Gasteiger partial charge in [-0.25, -0.2) is 4.79 Å². The van der Waals surface area contributed by atoms with E-state index in [0.29, 0.717) is 12.5 Å². The fourth-order valence-corrected chi connectivity index (χ4v) is 3.20. The molecule has 128 valence electrons. The van der Waals surface area contributed by atoms with E-state index in [1.54, 1.807) is 7.11 Å². The van der Waals surface area contributed by atoms with E-state index in [-0.39, 0.29) is 11.4 Å². The van der Waals surface area contributed by atoms with Crippen LogP contribution in [0.2, 0.25) is 0 Å². The number of aryl methyl sites for hydroxylation is 1. The van der Waals surface area contributed by atoms with E-state index in [2.05, 4.69) is 50.4 Å². The number of likely N-dealkylation sites (tertiary alicyclic amines) is 1. The number of piperidine rings is 1. The first-order valence-corrected chi connectivity index (χ1v) is 8.51. The third kappa shape index (κ3) is 4.96. The Morgan fingerprint density at radius 2 is 2.22 bits per heavy atom. The normalized spacial score (nSPS) is 18.8. The summed E-state index contributed by atoms with van der Waals surface area (Å²) in [6.07, 6.45) is 2.20. The smallest absolute Gasteiger partial charge is 0.317 e. The van der Waals surface area contributed by atoms with E-state index < -0.39 is 0 Å². The van der Waals surface area contributed by atoms with Crippen LogP contribution in [-0.2, 0) is 10.2 Å². The summed E-state index contributed by atoms with van der Waals surface area (Å²) in [6, 6.07) is 8.55. The molecule has 1 aliphatic heterocycles. The molecular formula is C19H30N2O2. The van der Waals surface area contributed by atoms with Crippen LogP contribution in [-0.4, -0.2) is 44.3 Å². The molecule has 0 spiro atoms. The first-order valence-electron chi connectivity index (χ1n) is 8.51. The van der Waals surface area contributed by atoms with Crippen molar-refractivity contribution in [3.05, 3.63) is 35.4 Å². The Kier molecular flexibility index (Phi) is 6.05. The number of benzene rings is 1. The molecule has 1 aromatic rings. The molecule has 4 nitrogen and oxygen atoms in total. The molecule has 0 bridgehead atoms. The summed E-state index contributed by atoms with van der Waals surface area (Å²) in [5.74, 6) is 0.462. The molecule has 1 fully saturated rings. The monoisotopic (exact) mass is 318 g/mol. The summed E-state index contributed by atoms with van der Waals surface area (Å²) in [7, 11) is 1.73. The van der Waals surface area contributed by atoms with Gasteiger partial charge in [0.25, 0.3) is 0 Å². The van der Waals surface area contributed by atoms with E-state index >= 15 is 0 Å². The Hall–Kier alpha value is -1.55. The van der Waals surface area contributed by atoms with Crippen LogP contribution in [0.1, 0.15) is 37.8 Å². The van der Waals surface area contributed by atoms with Crippen LogP contribution in [0.15, 0.2) is 24.3 Å². The van der Waals surface area contributed by atoms with Crippen LogP contribution < -0.4 is 5.32 Å². The number of nitrogens with one attached hydrogen (secondary N) is 1. The molecule has 1 saturated heterocycles. The van der Waals surface area contributed by atoms with Crippen molar-refractivity contribution in [1.82, 2.24) is 10.2 Å². The van der Waals surface area contributed by atoms with Crippen molar-refractivity contribution in [3.63, 3.8) is 0 Å². The second-order valence-corrected chi connectivity index (χ2v) is 7.32. The second kappa shape index (κ2) is 7.82. The Balaban J connectivity index is 1.90.